The Bertz CT molecular complexity index is 1020. The maximum atomic E-state index is 13.8. The van der Waals surface area contributed by atoms with Crippen LogP contribution < -0.4 is 4.72 Å². The van der Waals surface area contributed by atoms with Gasteiger partial charge in [0.2, 0.25) is 0 Å². The minimum Gasteiger partial charge on any atom is -0.333 e. The van der Waals surface area contributed by atoms with Crippen LogP contribution in [0.15, 0.2) is 39.1 Å². The van der Waals surface area contributed by atoms with Crippen molar-refractivity contribution >= 4 is 27.0 Å². The molecule has 6 nitrogen and oxygen atoms in total. The molecular formula is C15H11F2N3O3S2. The number of anilines is 1. The van der Waals surface area contributed by atoms with Crippen LogP contribution in [-0.2, 0) is 10.0 Å². The fourth-order valence-corrected chi connectivity index (χ4v) is 4.37. The van der Waals surface area contributed by atoms with Crippen molar-refractivity contribution in [3.63, 3.8) is 0 Å². The fraction of sp³-hybridized carbons (Fsp3) is 0.200. The lowest BCUT2D eigenvalue weighted by Gasteiger charge is -2.09. The van der Waals surface area contributed by atoms with Gasteiger partial charge in [-0.3, -0.25) is 4.72 Å². The van der Waals surface area contributed by atoms with Crippen LogP contribution in [0, 0.1) is 11.6 Å². The van der Waals surface area contributed by atoms with E-state index in [4.69, 9.17) is 4.52 Å². The molecule has 0 spiro atoms. The zero-order valence-corrected chi connectivity index (χ0v) is 14.2. The number of nitrogens with zero attached hydrogens (tertiary/aromatic N) is 2. The van der Waals surface area contributed by atoms with Crippen LogP contribution in [0.25, 0.3) is 10.8 Å². The van der Waals surface area contributed by atoms with Gasteiger partial charge in [-0.1, -0.05) is 11.2 Å². The van der Waals surface area contributed by atoms with E-state index in [0.717, 1.165) is 31.0 Å². The fourth-order valence-electron chi connectivity index (χ4n) is 2.32. The quantitative estimate of drug-likeness (QED) is 0.725. The minimum atomic E-state index is -4.46. The van der Waals surface area contributed by atoms with Crippen molar-refractivity contribution in [2.75, 3.05) is 4.72 Å². The molecule has 25 heavy (non-hydrogen) atoms. The van der Waals surface area contributed by atoms with Gasteiger partial charge < -0.3 is 4.52 Å². The van der Waals surface area contributed by atoms with Crippen molar-refractivity contribution < 1.29 is 21.7 Å². The Balaban J connectivity index is 1.68. The Kier molecular flexibility index (Phi) is 3.80. The molecule has 0 radical (unpaired) electrons. The Hall–Kier alpha value is -2.33. The lowest BCUT2D eigenvalue weighted by Crippen LogP contribution is -2.16. The summed E-state index contributed by atoms with van der Waals surface area (Å²) in [5, 5.41) is 5.50. The number of halogens is 2. The molecule has 1 aliphatic carbocycles. The molecule has 3 aromatic rings. The van der Waals surface area contributed by atoms with Crippen molar-refractivity contribution in [1.82, 2.24) is 10.1 Å². The number of thiophene rings is 1. The number of aromatic nitrogens is 2. The van der Waals surface area contributed by atoms with Crippen LogP contribution in [-0.4, -0.2) is 18.6 Å². The van der Waals surface area contributed by atoms with Gasteiger partial charge in [0.05, 0.1) is 5.69 Å². The summed E-state index contributed by atoms with van der Waals surface area (Å²) in [6, 6.07) is 4.33. The smallest absolute Gasteiger partial charge is 0.270 e. The second-order valence-corrected chi connectivity index (χ2v) is 8.09. The van der Waals surface area contributed by atoms with Crippen LogP contribution in [0.3, 0.4) is 0 Å². The SMILES string of the molecule is O=S(=O)(Nc1ccsc1-c1nc(C2CC2)no1)c1c(F)cccc1F. The molecule has 0 bridgehead atoms. The van der Waals surface area contributed by atoms with Crippen LogP contribution >= 0.6 is 11.3 Å². The van der Waals surface area contributed by atoms with Crippen molar-refractivity contribution in [3.8, 4) is 10.8 Å². The highest BCUT2D eigenvalue weighted by molar-refractivity contribution is 7.92. The predicted octanol–water partition coefficient (Wildman–Crippen LogP) is 3.75. The summed E-state index contributed by atoms with van der Waals surface area (Å²) in [4.78, 5) is 3.62. The second-order valence-electron chi connectivity index (χ2n) is 5.55. The lowest BCUT2D eigenvalue weighted by molar-refractivity contribution is 0.423. The molecule has 0 unspecified atom stereocenters. The molecular weight excluding hydrogens is 372 g/mol. The van der Waals surface area contributed by atoms with Crippen molar-refractivity contribution in [2.45, 2.75) is 23.7 Å². The van der Waals surface area contributed by atoms with E-state index in [1.165, 1.54) is 17.4 Å². The molecule has 10 heteroatoms. The van der Waals surface area contributed by atoms with Gasteiger partial charge in [0.15, 0.2) is 10.7 Å². The largest absolute Gasteiger partial charge is 0.333 e. The average Bonchev–Trinajstić information content (AvgIpc) is 3.10. The van der Waals surface area contributed by atoms with Crippen molar-refractivity contribution in [2.24, 2.45) is 0 Å². The Morgan fingerprint density at radius 2 is 1.92 bits per heavy atom. The van der Waals surface area contributed by atoms with E-state index in [2.05, 4.69) is 14.9 Å². The van der Waals surface area contributed by atoms with Crippen LogP contribution in [0.4, 0.5) is 14.5 Å². The summed E-state index contributed by atoms with van der Waals surface area (Å²) in [6.07, 6.45) is 1.99. The van der Waals surface area contributed by atoms with E-state index in [1.54, 1.807) is 5.38 Å². The Morgan fingerprint density at radius 3 is 2.60 bits per heavy atom. The topological polar surface area (TPSA) is 85.1 Å². The summed E-state index contributed by atoms with van der Waals surface area (Å²) < 4.78 is 59.8. The van der Waals surface area contributed by atoms with Crippen LogP contribution in [0.5, 0.6) is 0 Å². The highest BCUT2D eigenvalue weighted by Crippen LogP contribution is 2.40. The van der Waals surface area contributed by atoms with Gasteiger partial charge in [0, 0.05) is 5.92 Å². The van der Waals surface area contributed by atoms with Crippen molar-refractivity contribution in [3.05, 3.63) is 47.1 Å². The maximum Gasteiger partial charge on any atom is 0.270 e. The summed E-state index contributed by atoms with van der Waals surface area (Å²) >= 11 is 1.18. The maximum absolute atomic E-state index is 13.8. The molecule has 0 atom stereocenters. The molecule has 2 heterocycles. The zero-order chi connectivity index (χ0) is 17.6. The third-order valence-corrected chi connectivity index (χ3v) is 5.99. The highest BCUT2D eigenvalue weighted by atomic mass is 32.2. The number of benzene rings is 1. The van der Waals surface area contributed by atoms with Crippen LogP contribution in [0.2, 0.25) is 0 Å². The Morgan fingerprint density at radius 1 is 1.20 bits per heavy atom. The molecule has 130 valence electrons. The van der Waals surface area contributed by atoms with Gasteiger partial charge in [-0.05, 0) is 36.4 Å². The average molecular weight is 383 g/mol. The number of hydrogen-bond acceptors (Lipinski definition) is 6. The predicted molar refractivity (Wildman–Crippen MR) is 86.8 cm³/mol. The number of nitrogens with one attached hydrogen (secondary N) is 1. The van der Waals surface area contributed by atoms with Gasteiger partial charge >= 0.3 is 0 Å². The van der Waals surface area contributed by atoms with E-state index >= 15 is 0 Å². The lowest BCUT2D eigenvalue weighted by atomic mass is 10.3. The van der Waals surface area contributed by atoms with Gasteiger partial charge in [-0.2, -0.15) is 4.98 Å². The first-order valence-corrected chi connectivity index (χ1v) is 9.70. The molecule has 0 amide bonds. The number of rotatable bonds is 5. The molecule has 0 saturated heterocycles. The highest BCUT2D eigenvalue weighted by Gasteiger charge is 2.30. The van der Waals surface area contributed by atoms with Crippen molar-refractivity contribution in [1.29, 1.82) is 0 Å². The van der Waals surface area contributed by atoms with Gasteiger partial charge in [0.25, 0.3) is 15.9 Å². The molecule has 1 saturated carbocycles. The molecule has 1 aliphatic rings. The van der Waals surface area contributed by atoms with E-state index in [0.29, 0.717) is 10.7 Å². The summed E-state index contributed by atoms with van der Waals surface area (Å²) in [5.74, 6) is -1.30. The minimum absolute atomic E-state index is 0.124. The van der Waals surface area contributed by atoms with Crippen LogP contribution in [0.1, 0.15) is 24.6 Å². The standard InChI is InChI=1S/C15H11F2N3O3S2/c16-9-2-1-3-10(17)13(9)25(21,22)20-11-6-7-24-12(11)15-18-14(19-23-15)8-4-5-8/h1-3,6-8,20H,4-5H2. The first kappa shape index (κ1) is 16.2. The van der Waals surface area contributed by atoms with E-state index < -0.39 is 26.6 Å². The van der Waals surface area contributed by atoms with Gasteiger partial charge in [-0.15, -0.1) is 11.3 Å². The zero-order valence-electron chi connectivity index (χ0n) is 12.6. The van der Waals surface area contributed by atoms with E-state index in [9.17, 15) is 17.2 Å². The summed E-state index contributed by atoms with van der Waals surface area (Å²) in [7, 11) is -4.46. The third-order valence-electron chi connectivity index (χ3n) is 3.68. The normalized spacial score (nSPS) is 14.6. The molecule has 2 aromatic heterocycles. The molecule has 1 aromatic carbocycles. The molecule has 4 rings (SSSR count). The number of sulfonamides is 1. The molecule has 0 aliphatic heterocycles. The van der Waals surface area contributed by atoms with Gasteiger partial charge in [-0.25, -0.2) is 17.2 Å². The monoisotopic (exact) mass is 383 g/mol. The van der Waals surface area contributed by atoms with Gasteiger partial charge in [0.1, 0.15) is 16.5 Å². The van der Waals surface area contributed by atoms with E-state index in [1.807, 2.05) is 0 Å². The molecule has 1 fully saturated rings. The Labute approximate surface area is 145 Å². The first-order valence-electron chi connectivity index (χ1n) is 7.34. The summed E-state index contributed by atoms with van der Waals surface area (Å²) in [6.45, 7) is 0. The first-order chi connectivity index (χ1) is 12.0. The third kappa shape index (κ3) is 3.02. The number of hydrogen-bond donors (Lipinski definition) is 1. The van der Waals surface area contributed by atoms with E-state index in [-0.39, 0.29) is 17.5 Å². The second kappa shape index (κ2) is 5.88. The summed E-state index contributed by atoms with van der Waals surface area (Å²) in [5.41, 5.74) is 0.124. The molecule has 1 N–H and O–H groups in total.